The molecule has 5 nitrogen and oxygen atoms in total. The number of rotatable bonds is 3. The Kier molecular flexibility index (Phi) is 3.40. The average molecular weight is 252 g/mol. The molecule has 0 saturated carbocycles. The highest BCUT2D eigenvalue weighted by Crippen LogP contribution is 2.23. The largest absolute Gasteiger partial charge is 0.322 e. The SMILES string of the molecule is NCC(=O)Nc1nc(-c2cccc(F)n2)cs1. The highest BCUT2D eigenvalue weighted by Gasteiger charge is 2.08. The van der Waals surface area contributed by atoms with Gasteiger partial charge in [0.25, 0.3) is 0 Å². The number of hydrogen-bond acceptors (Lipinski definition) is 5. The van der Waals surface area contributed by atoms with Crippen LogP contribution in [0.15, 0.2) is 23.6 Å². The van der Waals surface area contributed by atoms with Crippen LogP contribution in [0, 0.1) is 5.95 Å². The maximum absolute atomic E-state index is 12.9. The molecule has 0 saturated heterocycles. The molecule has 0 aliphatic heterocycles. The van der Waals surface area contributed by atoms with Crippen LogP contribution in [0.4, 0.5) is 9.52 Å². The zero-order valence-electron chi connectivity index (χ0n) is 8.68. The molecule has 0 unspecified atom stereocenters. The standard InChI is InChI=1S/C10H9FN4OS/c11-8-3-1-2-6(13-8)7-5-17-10(14-7)15-9(16)4-12/h1-3,5H,4,12H2,(H,14,15,16). The molecule has 0 bridgehead atoms. The molecule has 1 amide bonds. The number of aromatic nitrogens is 2. The number of nitrogens with one attached hydrogen (secondary N) is 1. The van der Waals surface area contributed by atoms with E-state index in [2.05, 4.69) is 15.3 Å². The van der Waals surface area contributed by atoms with Gasteiger partial charge in [-0.05, 0) is 12.1 Å². The first kappa shape index (κ1) is 11.6. The highest BCUT2D eigenvalue weighted by molar-refractivity contribution is 7.14. The van der Waals surface area contributed by atoms with Crippen LogP contribution >= 0.6 is 11.3 Å². The van der Waals surface area contributed by atoms with Gasteiger partial charge < -0.3 is 11.1 Å². The zero-order valence-corrected chi connectivity index (χ0v) is 9.50. The number of carbonyl (C=O) groups is 1. The third-order valence-corrected chi connectivity index (χ3v) is 2.67. The van der Waals surface area contributed by atoms with Crippen molar-refractivity contribution in [3.8, 4) is 11.4 Å². The van der Waals surface area contributed by atoms with Gasteiger partial charge in [0.1, 0.15) is 5.69 Å². The molecule has 2 rings (SSSR count). The average Bonchev–Trinajstić information content (AvgIpc) is 2.77. The summed E-state index contributed by atoms with van der Waals surface area (Å²) in [5.41, 5.74) is 6.10. The molecule has 0 fully saturated rings. The topological polar surface area (TPSA) is 80.9 Å². The van der Waals surface area contributed by atoms with Crippen molar-refractivity contribution in [1.82, 2.24) is 9.97 Å². The Morgan fingerprint density at radius 2 is 2.24 bits per heavy atom. The molecule has 2 heterocycles. The molecule has 17 heavy (non-hydrogen) atoms. The van der Waals surface area contributed by atoms with E-state index in [1.807, 2.05) is 0 Å². The van der Waals surface area contributed by atoms with Gasteiger partial charge in [0.2, 0.25) is 11.9 Å². The molecular formula is C10H9FN4OS. The van der Waals surface area contributed by atoms with Crippen molar-refractivity contribution in [2.45, 2.75) is 0 Å². The van der Waals surface area contributed by atoms with Gasteiger partial charge in [-0.25, -0.2) is 9.97 Å². The maximum Gasteiger partial charge on any atom is 0.239 e. The number of halogens is 1. The Hall–Kier alpha value is -1.86. The highest BCUT2D eigenvalue weighted by atomic mass is 32.1. The van der Waals surface area contributed by atoms with Crippen molar-refractivity contribution in [1.29, 1.82) is 0 Å². The van der Waals surface area contributed by atoms with Gasteiger partial charge in [0, 0.05) is 5.38 Å². The van der Waals surface area contributed by atoms with Crippen LogP contribution in [0.2, 0.25) is 0 Å². The Morgan fingerprint density at radius 3 is 2.94 bits per heavy atom. The number of pyridine rings is 1. The summed E-state index contributed by atoms with van der Waals surface area (Å²) in [6, 6.07) is 4.45. The fraction of sp³-hybridized carbons (Fsp3) is 0.100. The van der Waals surface area contributed by atoms with E-state index in [-0.39, 0.29) is 12.5 Å². The Balaban J connectivity index is 2.21. The zero-order chi connectivity index (χ0) is 12.3. The lowest BCUT2D eigenvalue weighted by Gasteiger charge is -1.97. The number of amides is 1. The van der Waals surface area contributed by atoms with Crippen LogP contribution in [-0.4, -0.2) is 22.4 Å². The Morgan fingerprint density at radius 1 is 1.41 bits per heavy atom. The van der Waals surface area contributed by atoms with Gasteiger partial charge in [0.15, 0.2) is 5.13 Å². The molecular weight excluding hydrogens is 243 g/mol. The van der Waals surface area contributed by atoms with E-state index < -0.39 is 5.95 Å². The number of anilines is 1. The smallest absolute Gasteiger partial charge is 0.239 e. The van der Waals surface area contributed by atoms with Crippen molar-refractivity contribution in [3.05, 3.63) is 29.5 Å². The molecule has 0 atom stereocenters. The lowest BCUT2D eigenvalue weighted by atomic mass is 10.3. The lowest BCUT2D eigenvalue weighted by Crippen LogP contribution is -2.21. The van der Waals surface area contributed by atoms with Gasteiger partial charge in [-0.2, -0.15) is 4.39 Å². The van der Waals surface area contributed by atoms with Crippen molar-refractivity contribution < 1.29 is 9.18 Å². The second-order valence-corrected chi connectivity index (χ2v) is 3.99. The fourth-order valence-electron chi connectivity index (χ4n) is 1.17. The predicted octanol–water partition coefficient (Wildman–Crippen LogP) is 1.24. The first-order valence-electron chi connectivity index (χ1n) is 4.77. The monoisotopic (exact) mass is 252 g/mol. The van der Waals surface area contributed by atoms with Crippen LogP contribution in [0.1, 0.15) is 0 Å². The molecule has 0 aromatic carbocycles. The first-order valence-corrected chi connectivity index (χ1v) is 5.65. The molecule has 88 valence electrons. The van der Waals surface area contributed by atoms with E-state index in [1.54, 1.807) is 17.5 Å². The maximum atomic E-state index is 12.9. The summed E-state index contributed by atoms with van der Waals surface area (Å²) in [7, 11) is 0. The number of hydrogen-bond donors (Lipinski definition) is 2. The van der Waals surface area contributed by atoms with Crippen molar-refractivity contribution in [3.63, 3.8) is 0 Å². The van der Waals surface area contributed by atoms with Gasteiger partial charge >= 0.3 is 0 Å². The summed E-state index contributed by atoms with van der Waals surface area (Å²) in [6.07, 6.45) is 0. The Bertz CT molecular complexity index is 543. The number of thiazole rings is 1. The molecule has 3 N–H and O–H groups in total. The molecule has 0 aliphatic rings. The first-order chi connectivity index (χ1) is 8.19. The number of nitrogens with two attached hydrogens (primary N) is 1. The molecule has 2 aromatic heterocycles. The second kappa shape index (κ2) is 4.98. The molecule has 0 spiro atoms. The molecule has 0 aliphatic carbocycles. The Labute approximate surface area is 101 Å². The van der Waals surface area contributed by atoms with Crippen molar-refractivity contribution in [2.24, 2.45) is 5.73 Å². The summed E-state index contributed by atoms with van der Waals surface area (Å²) in [5.74, 6) is -0.888. The lowest BCUT2D eigenvalue weighted by molar-refractivity contribution is -0.114. The van der Waals surface area contributed by atoms with E-state index in [0.717, 1.165) is 0 Å². The predicted molar refractivity (Wildman–Crippen MR) is 63.0 cm³/mol. The second-order valence-electron chi connectivity index (χ2n) is 3.14. The summed E-state index contributed by atoms with van der Waals surface area (Å²) in [4.78, 5) is 18.8. The summed E-state index contributed by atoms with van der Waals surface area (Å²) >= 11 is 1.23. The van der Waals surface area contributed by atoms with Crippen molar-refractivity contribution >= 4 is 22.4 Å². The van der Waals surface area contributed by atoms with E-state index in [1.165, 1.54) is 17.4 Å². The summed E-state index contributed by atoms with van der Waals surface area (Å²) in [6.45, 7) is -0.104. The third-order valence-electron chi connectivity index (χ3n) is 1.91. The van der Waals surface area contributed by atoms with Gasteiger partial charge in [-0.1, -0.05) is 6.07 Å². The van der Waals surface area contributed by atoms with E-state index in [9.17, 15) is 9.18 Å². The van der Waals surface area contributed by atoms with Gasteiger partial charge in [-0.15, -0.1) is 11.3 Å². The minimum Gasteiger partial charge on any atom is -0.322 e. The van der Waals surface area contributed by atoms with Crippen molar-refractivity contribution in [2.75, 3.05) is 11.9 Å². The normalized spacial score (nSPS) is 10.2. The van der Waals surface area contributed by atoms with Crippen LogP contribution < -0.4 is 11.1 Å². The van der Waals surface area contributed by atoms with Gasteiger partial charge in [-0.3, -0.25) is 4.79 Å². The van der Waals surface area contributed by atoms with Crippen LogP contribution in [0.3, 0.4) is 0 Å². The fourth-order valence-corrected chi connectivity index (χ4v) is 1.89. The van der Waals surface area contributed by atoms with Crippen LogP contribution in [0.25, 0.3) is 11.4 Å². The minimum atomic E-state index is -0.567. The molecule has 0 radical (unpaired) electrons. The summed E-state index contributed by atoms with van der Waals surface area (Å²) in [5, 5.41) is 4.62. The quantitative estimate of drug-likeness (QED) is 0.805. The minimum absolute atomic E-state index is 0.104. The number of nitrogens with zero attached hydrogens (tertiary/aromatic N) is 2. The van der Waals surface area contributed by atoms with E-state index >= 15 is 0 Å². The summed E-state index contributed by atoms with van der Waals surface area (Å²) < 4.78 is 12.9. The molecule has 7 heteroatoms. The van der Waals surface area contributed by atoms with Crippen LogP contribution in [0.5, 0.6) is 0 Å². The third kappa shape index (κ3) is 2.83. The van der Waals surface area contributed by atoms with Gasteiger partial charge in [0.05, 0.1) is 12.2 Å². The number of carbonyl (C=O) groups excluding carboxylic acids is 1. The van der Waals surface area contributed by atoms with E-state index in [4.69, 9.17) is 5.73 Å². The van der Waals surface area contributed by atoms with E-state index in [0.29, 0.717) is 16.5 Å². The molecule has 2 aromatic rings. The van der Waals surface area contributed by atoms with Crippen LogP contribution in [-0.2, 0) is 4.79 Å².